The Morgan fingerprint density at radius 3 is 2.89 bits per heavy atom. The molecule has 0 spiro atoms. The van der Waals surface area contributed by atoms with Crippen molar-refractivity contribution in [3.05, 3.63) is 0 Å². The molecule has 2 rings (SSSR count). The van der Waals surface area contributed by atoms with E-state index >= 15 is 0 Å². The Hall–Kier alpha value is -0.0400. The molecule has 0 aromatic carbocycles. The minimum absolute atomic E-state index is 0.326. The second-order valence-corrected chi connectivity index (χ2v) is 3.80. The van der Waals surface area contributed by atoms with E-state index in [1.54, 1.807) is 0 Å². The maximum absolute atomic E-state index is 5.54. The Balaban J connectivity index is 2.01. The van der Waals surface area contributed by atoms with Crippen LogP contribution in [0.15, 0.2) is 0 Å². The molecule has 0 amide bonds. The zero-order valence-corrected chi connectivity index (χ0v) is 6.18. The van der Waals surface area contributed by atoms with E-state index in [9.17, 15) is 0 Å². The van der Waals surface area contributed by atoms with E-state index in [1.165, 1.54) is 19.3 Å². The quantitative estimate of drug-likeness (QED) is 0.452. The molecule has 1 saturated heterocycles. The largest absolute Gasteiger partial charge is 0.366 e. The summed E-state index contributed by atoms with van der Waals surface area (Å²) in [5.41, 5.74) is 0.326. The molecule has 1 heteroatoms. The van der Waals surface area contributed by atoms with Gasteiger partial charge in [-0.3, -0.25) is 0 Å². The monoisotopic (exact) mass is 126 g/mol. The van der Waals surface area contributed by atoms with E-state index in [2.05, 4.69) is 13.8 Å². The highest BCUT2D eigenvalue weighted by atomic mass is 16.6. The molecule has 1 heterocycles. The Morgan fingerprint density at radius 2 is 2.33 bits per heavy atom. The SMILES string of the molecule is C[C@@H]1CC[C@@]2(C)OC2C1. The smallest absolute Gasteiger partial charge is 0.0920 e. The molecule has 0 aromatic rings. The Kier molecular flexibility index (Phi) is 0.963. The van der Waals surface area contributed by atoms with Crippen molar-refractivity contribution < 1.29 is 4.74 Å². The van der Waals surface area contributed by atoms with Crippen molar-refractivity contribution >= 4 is 0 Å². The molecule has 1 nitrogen and oxygen atoms in total. The number of hydrogen-bond donors (Lipinski definition) is 0. The highest BCUT2D eigenvalue weighted by Crippen LogP contribution is 2.48. The van der Waals surface area contributed by atoms with Gasteiger partial charge in [0, 0.05) is 0 Å². The predicted octanol–water partition coefficient (Wildman–Crippen LogP) is 1.96. The molecule has 3 atom stereocenters. The Morgan fingerprint density at radius 1 is 1.56 bits per heavy atom. The van der Waals surface area contributed by atoms with Crippen molar-refractivity contribution in [3.63, 3.8) is 0 Å². The van der Waals surface area contributed by atoms with Crippen LogP contribution in [0.5, 0.6) is 0 Å². The van der Waals surface area contributed by atoms with Crippen LogP contribution in [-0.4, -0.2) is 11.7 Å². The third-order valence-electron chi connectivity index (χ3n) is 2.79. The minimum Gasteiger partial charge on any atom is -0.366 e. The summed E-state index contributed by atoms with van der Waals surface area (Å²) in [6.07, 6.45) is 4.59. The van der Waals surface area contributed by atoms with Crippen LogP contribution >= 0.6 is 0 Å². The van der Waals surface area contributed by atoms with Gasteiger partial charge in [0.2, 0.25) is 0 Å². The highest BCUT2D eigenvalue weighted by Gasteiger charge is 2.54. The summed E-state index contributed by atoms with van der Waals surface area (Å²) >= 11 is 0. The van der Waals surface area contributed by atoms with Gasteiger partial charge in [-0.2, -0.15) is 0 Å². The van der Waals surface area contributed by atoms with Crippen LogP contribution < -0.4 is 0 Å². The Labute approximate surface area is 56.4 Å². The number of fused-ring (bicyclic) bond motifs is 1. The first-order valence-electron chi connectivity index (χ1n) is 3.88. The summed E-state index contributed by atoms with van der Waals surface area (Å²) in [6, 6.07) is 0. The van der Waals surface area contributed by atoms with Gasteiger partial charge in [-0.15, -0.1) is 0 Å². The van der Waals surface area contributed by atoms with Crippen molar-refractivity contribution in [2.75, 3.05) is 0 Å². The van der Waals surface area contributed by atoms with E-state index < -0.39 is 0 Å². The first-order chi connectivity index (χ1) is 4.21. The van der Waals surface area contributed by atoms with Gasteiger partial charge >= 0.3 is 0 Å². The molecule has 1 saturated carbocycles. The van der Waals surface area contributed by atoms with Crippen LogP contribution in [0.25, 0.3) is 0 Å². The maximum atomic E-state index is 5.54. The third-order valence-corrected chi connectivity index (χ3v) is 2.79. The summed E-state index contributed by atoms with van der Waals surface area (Å²) in [6.45, 7) is 4.56. The van der Waals surface area contributed by atoms with Crippen molar-refractivity contribution in [2.24, 2.45) is 5.92 Å². The molecule has 1 aliphatic carbocycles. The van der Waals surface area contributed by atoms with Crippen LogP contribution in [-0.2, 0) is 4.74 Å². The fraction of sp³-hybridized carbons (Fsp3) is 1.00. The standard InChI is InChI=1S/C8H14O/c1-6-3-4-8(2)7(5-6)9-8/h6-7H,3-5H2,1-2H3/t6-,7?,8-/m1/s1. The first-order valence-corrected chi connectivity index (χ1v) is 3.88. The summed E-state index contributed by atoms with van der Waals surface area (Å²) in [4.78, 5) is 0. The first kappa shape index (κ1) is 5.72. The van der Waals surface area contributed by atoms with Gasteiger partial charge in [0.1, 0.15) is 0 Å². The van der Waals surface area contributed by atoms with Gasteiger partial charge in [-0.25, -0.2) is 0 Å². The van der Waals surface area contributed by atoms with E-state index in [-0.39, 0.29) is 0 Å². The molecule has 1 aliphatic heterocycles. The lowest BCUT2D eigenvalue weighted by Crippen LogP contribution is -2.19. The van der Waals surface area contributed by atoms with Crippen LogP contribution in [0.3, 0.4) is 0 Å². The fourth-order valence-electron chi connectivity index (χ4n) is 1.82. The normalized spacial score (nSPS) is 56.7. The number of hydrogen-bond acceptors (Lipinski definition) is 1. The molecule has 0 bridgehead atoms. The molecule has 1 unspecified atom stereocenters. The molecule has 52 valence electrons. The lowest BCUT2D eigenvalue weighted by atomic mass is 9.84. The molecular weight excluding hydrogens is 112 g/mol. The van der Waals surface area contributed by atoms with Crippen LogP contribution in [0.4, 0.5) is 0 Å². The van der Waals surface area contributed by atoms with E-state index in [0.717, 1.165) is 5.92 Å². The Bertz CT molecular complexity index is 133. The van der Waals surface area contributed by atoms with E-state index in [4.69, 9.17) is 4.74 Å². The minimum atomic E-state index is 0.326. The predicted molar refractivity (Wildman–Crippen MR) is 36.3 cm³/mol. The summed E-state index contributed by atoms with van der Waals surface area (Å²) in [5.74, 6) is 0.908. The van der Waals surface area contributed by atoms with E-state index in [0.29, 0.717) is 11.7 Å². The number of ether oxygens (including phenoxy) is 1. The van der Waals surface area contributed by atoms with Crippen molar-refractivity contribution in [1.82, 2.24) is 0 Å². The molecular formula is C8H14O. The zero-order chi connectivity index (χ0) is 6.48. The average molecular weight is 126 g/mol. The fourth-order valence-corrected chi connectivity index (χ4v) is 1.82. The zero-order valence-electron chi connectivity index (χ0n) is 6.18. The second-order valence-electron chi connectivity index (χ2n) is 3.80. The molecule has 2 aliphatic rings. The van der Waals surface area contributed by atoms with Crippen molar-refractivity contribution in [2.45, 2.75) is 44.8 Å². The van der Waals surface area contributed by atoms with Gasteiger partial charge in [0.05, 0.1) is 11.7 Å². The number of rotatable bonds is 0. The third kappa shape index (κ3) is 0.787. The van der Waals surface area contributed by atoms with Crippen LogP contribution in [0, 0.1) is 5.92 Å². The van der Waals surface area contributed by atoms with E-state index in [1.807, 2.05) is 0 Å². The lowest BCUT2D eigenvalue weighted by Gasteiger charge is -2.17. The molecule has 2 fully saturated rings. The topological polar surface area (TPSA) is 12.5 Å². The van der Waals surface area contributed by atoms with Gasteiger partial charge in [0.25, 0.3) is 0 Å². The van der Waals surface area contributed by atoms with Gasteiger partial charge < -0.3 is 4.74 Å². The van der Waals surface area contributed by atoms with Gasteiger partial charge in [-0.1, -0.05) is 6.92 Å². The van der Waals surface area contributed by atoms with Crippen LogP contribution in [0.1, 0.15) is 33.1 Å². The van der Waals surface area contributed by atoms with Crippen molar-refractivity contribution in [1.29, 1.82) is 0 Å². The second kappa shape index (κ2) is 1.51. The van der Waals surface area contributed by atoms with Gasteiger partial charge in [-0.05, 0) is 32.1 Å². The van der Waals surface area contributed by atoms with Crippen LogP contribution in [0.2, 0.25) is 0 Å². The highest BCUT2D eigenvalue weighted by molar-refractivity contribution is 5.02. The molecule has 0 N–H and O–H groups in total. The summed E-state index contributed by atoms with van der Waals surface area (Å²) in [5, 5.41) is 0. The van der Waals surface area contributed by atoms with Crippen molar-refractivity contribution in [3.8, 4) is 0 Å². The molecule has 0 radical (unpaired) electrons. The number of epoxide rings is 1. The molecule has 0 aromatic heterocycles. The summed E-state index contributed by atoms with van der Waals surface area (Å²) in [7, 11) is 0. The average Bonchev–Trinajstić information content (AvgIpc) is 2.41. The maximum Gasteiger partial charge on any atom is 0.0920 e. The summed E-state index contributed by atoms with van der Waals surface area (Å²) < 4.78 is 5.54. The lowest BCUT2D eigenvalue weighted by molar-refractivity contribution is 0.302. The van der Waals surface area contributed by atoms with Gasteiger partial charge in [0.15, 0.2) is 0 Å². The molecule has 9 heavy (non-hydrogen) atoms.